The lowest BCUT2D eigenvalue weighted by atomic mass is 10.1. The molecule has 1 aliphatic rings. The van der Waals surface area contributed by atoms with Gasteiger partial charge in [-0.2, -0.15) is 0 Å². The van der Waals surface area contributed by atoms with Crippen LogP contribution in [0.5, 0.6) is 5.75 Å². The largest absolute Gasteiger partial charge is 0.497 e. The van der Waals surface area contributed by atoms with Crippen LogP contribution in [0.2, 0.25) is 0 Å². The Labute approximate surface area is 193 Å². The fourth-order valence-corrected chi connectivity index (χ4v) is 3.91. The third kappa shape index (κ3) is 4.77. The van der Waals surface area contributed by atoms with E-state index in [-0.39, 0.29) is 5.91 Å². The second kappa shape index (κ2) is 9.64. The SMILES string of the molecule is COc1ccc(C(=O)NNc2ncnc(N3CCN(c4cccc(C)c4C)CC3)c2N)cc1. The number of benzene rings is 2. The predicted octanol–water partition coefficient (Wildman–Crippen LogP) is 2.77. The van der Waals surface area contributed by atoms with Gasteiger partial charge in [-0.1, -0.05) is 12.1 Å². The molecule has 33 heavy (non-hydrogen) atoms. The van der Waals surface area contributed by atoms with E-state index in [2.05, 4.69) is 62.7 Å². The van der Waals surface area contributed by atoms with Gasteiger partial charge < -0.3 is 20.3 Å². The van der Waals surface area contributed by atoms with Crippen molar-refractivity contribution in [3.63, 3.8) is 0 Å². The number of nitrogen functional groups attached to an aromatic ring is 1. The zero-order valence-corrected chi connectivity index (χ0v) is 19.1. The van der Waals surface area contributed by atoms with Gasteiger partial charge in [0.2, 0.25) is 0 Å². The van der Waals surface area contributed by atoms with Crippen LogP contribution < -0.4 is 31.1 Å². The number of nitrogens with two attached hydrogens (primary N) is 1. The Bertz CT molecular complexity index is 1130. The predicted molar refractivity (Wildman–Crippen MR) is 131 cm³/mol. The molecule has 1 aliphatic heterocycles. The number of hydrazine groups is 1. The lowest BCUT2D eigenvalue weighted by Crippen LogP contribution is -2.47. The number of piperazine rings is 1. The zero-order chi connectivity index (χ0) is 23.4. The van der Waals surface area contributed by atoms with E-state index in [0.29, 0.717) is 28.6 Å². The Morgan fingerprint density at radius 2 is 1.70 bits per heavy atom. The van der Waals surface area contributed by atoms with Crippen LogP contribution in [-0.2, 0) is 0 Å². The number of hydrogen-bond acceptors (Lipinski definition) is 8. The fraction of sp³-hybridized carbons (Fsp3) is 0.292. The van der Waals surface area contributed by atoms with Gasteiger partial charge in [0.15, 0.2) is 11.6 Å². The highest BCUT2D eigenvalue weighted by atomic mass is 16.5. The van der Waals surface area contributed by atoms with Gasteiger partial charge in [0, 0.05) is 37.4 Å². The minimum absolute atomic E-state index is 0.306. The fourth-order valence-electron chi connectivity index (χ4n) is 3.91. The number of methoxy groups -OCH3 is 1. The highest BCUT2D eigenvalue weighted by Gasteiger charge is 2.22. The molecule has 1 fully saturated rings. The van der Waals surface area contributed by atoms with E-state index in [9.17, 15) is 4.79 Å². The van der Waals surface area contributed by atoms with Crippen molar-refractivity contribution >= 4 is 28.9 Å². The van der Waals surface area contributed by atoms with E-state index in [4.69, 9.17) is 10.5 Å². The molecule has 1 saturated heterocycles. The van der Waals surface area contributed by atoms with Gasteiger partial charge in [-0.15, -0.1) is 0 Å². The first-order valence-corrected chi connectivity index (χ1v) is 10.8. The van der Waals surface area contributed by atoms with Gasteiger partial charge in [-0.05, 0) is 55.3 Å². The Hall–Kier alpha value is -4.01. The topological polar surface area (TPSA) is 109 Å². The first kappa shape index (κ1) is 22.2. The van der Waals surface area contributed by atoms with E-state index >= 15 is 0 Å². The van der Waals surface area contributed by atoms with Crippen molar-refractivity contribution in [3.8, 4) is 5.75 Å². The van der Waals surface area contributed by atoms with Crippen molar-refractivity contribution in [2.24, 2.45) is 0 Å². The molecule has 0 atom stereocenters. The Kier molecular flexibility index (Phi) is 6.48. The molecule has 1 aromatic heterocycles. The molecule has 9 heteroatoms. The first-order valence-electron chi connectivity index (χ1n) is 10.8. The average Bonchev–Trinajstić information content (AvgIpc) is 2.85. The molecule has 172 valence electrons. The normalized spacial score (nSPS) is 13.5. The Morgan fingerprint density at radius 3 is 2.39 bits per heavy atom. The second-order valence-corrected chi connectivity index (χ2v) is 7.96. The van der Waals surface area contributed by atoms with Gasteiger partial charge in [-0.3, -0.25) is 15.6 Å². The summed E-state index contributed by atoms with van der Waals surface area (Å²) in [5.74, 6) is 1.40. The van der Waals surface area contributed by atoms with Crippen LogP contribution in [0.4, 0.5) is 23.0 Å². The minimum Gasteiger partial charge on any atom is -0.497 e. The molecule has 2 heterocycles. The summed E-state index contributed by atoms with van der Waals surface area (Å²) in [6, 6.07) is 13.2. The van der Waals surface area contributed by atoms with Gasteiger partial charge in [0.1, 0.15) is 17.8 Å². The van der Waals surface area contributed by atoms with Gasteiger partial charge in [0.05, 0.1) is 7.11 Å². The number of nitrogens with zero attached hydrogens (tertiary/aromatic N) is 4. The smallest absolute Gasteiger partial charge is 0.269 e. The van der Waals surface area contributed by atoms with Crippen LogP contribution >= 0.6 is 0 Å². The Balaban J connectivity index is 1.40. The molecule has 0 radical (unpaired) electrons. The molecular formula is C24H29N7O2. The minimum atomic E-state index is -0.306. The molecule has 0 aliphatic carbocycles. The maximum absolute atomic E-state index is 12.4. The van der Waals surface area contributed by atoms with E-state index < -0.39 is 0 Å². The first-order chi connectivity index (χ1) is 16.0. The summed E-state index contributed by atoms with van der Waals surface area (Å²) in [5, 5.41) is 0. The van der Waals surface area contributed by atoms with Crippen LogP contribution in [0.25, 0.3) is 0 Å². The molecule has 3 aromatic rings. The standard InChI is InChI=1S/C24H29N7O2/c1-16-5-4-6-20(17(16)2)30-11-13-31(14-12-30)23-21(25)22(26-15-27-23)28-29-24(32)18-7-9-19(33-3)10-8-18/h4-10,15H,11-14,25H2,1-3H3,(H,29,32)(H,26,27,28). The number of nitrogens with one attached hydrogen (secondary N) is 2. The number of anilines is 4. The molecule has 9 nitrogen and oxygen atoms in total. The van der Waals surface area contributed by atoms with Gasteiger partial charge >= 0.3 is 0 Å². The van der Waals surface area contributed by atoms with Crippen molar-refractivity contribution in [1.82, 2.24) is 15.4 Å². The number of rotatable bonds is 6. The van der Waals surface area contributed by atoms with E-state index in [1.165, 1.54) is 23.1 Å². The summed E-state index contributed by atoms with van der Waals surface area (Å²) >= 11 is 0. The summed E-state index contributed by atoms with van der Waals surface area (Å²) in [5.41, 5.74) is 16.6. The van der Waals surface area contributed by atoms with Crippen LogP contribution in [0.15, 0.2) is 48.8 Å². The van der Waals surface area contributed by atoms with Crippen molar-refractivity contribution in [2.45, 2.75) is 13.8 Å². The molecule has 4 N–H and O–H groups in total. The van der Waals surface area contributed by atoms with Crippen LogP contribution in [0, 0.1) is 13.8 Å². The molecule has 0 unspecified atom stereocenters. The Morgan fingerprint density at radius 1 is 1.00 bits per heavy atom. The molecule has 0 bridgehead atoms. The summed E-state index contributed by atoms with van der Waals surface area (Å²) in [6.07, 6.45) is 1.45. The number of amides is 1. The number of carbonyl (C=O) groups excluding carboxylic acids is 1. The molecular weight excluding hydrogens is 418 g/mol. The molecule has 0 spiro atoms. The van der Waals surface area contributed by atoms with Crippen LogP contribution in [-0.4, -0.2) is 49.2 Å². The average molecular weight is 448 g/mol. The number of aromatic nitrogens is 2. The number of hydrogen-bond donors (Lipinski definition) is 3. The van der Waals surface area contributed by atoms with Crippen molar-refractivity contribution in [1.29, 1.82) is 0 Å². The molecule has 0 saturated carbocycles. The lowest BCUT2D eigenvalue weighted by molar-refractivity contribution is 0.0962. The summed E-state index contributed by atoms with van der Waals surface area (Å²) in [6.45, 7) is 7.60. The maximum atomic E-state index is 12.4. The molecule has 4 rings (SSSR count). The number of ether oxygens (including phenoxy) is 1. The van der Waals surface area contributed by atoms with E-state index in [0.717, 1.165) is 26.2 Å². The van der Waals surface area contributed by atoms with Gasteiger partial charge in [-0.25, -0.2) is 9.97 Å². The van der Waals surface area contributed by atoms with Crippen molar-refractivity contribution < 1.29 is 9.53 Å². The summed E-state index contributed by atoms with van der Waals surface area (Å²) in [7, 11) is 1.58. The van der Waals surface area contributed by atoms with Crippen LogP contribution in [0.3, 0.4) is 0 Å². The van der Waals surface area contributed by atoms with E-state index in [1.54, 1.807) is 31.4 Å². The molecule has 1 amide bonds. The highest BCUT2D eigenvalue weighted by molar-refractivity contribution is 5.95. The quantitative estimate of drug-likeness (QED) is 0.495. The molecule has 2 aromatic carbocycles. The van der Waals surface area contributed by atoms with Crippen molar-refractivity contribution in [2.75, 3.05) is 54.2 Å². The lowest BCUT2D eigenvalue weighted by Gasteiger charge is -2.38. The summed E-state index contributed by atoms with van der Waals surface area (Å²) < 4.78 is 5.12. The van der Waals surface area contributed by atoms with Crippen LogP contribution in [0.1, 0.15) is 21.5 Å². The number of carbonyl (C=O) groups is 1. The van der Waals surface area contributed by atoms with Gasteiger partial charge in [0.25, 0.3) is 5.91 Å². The van der Waals surface area contributed by atoms with E-state index in [1.807, 2.05) is 0 Å². The second-order valence-electron chi connectivity index (χ2n) is 7.96. The highest BCUT2D eigenvalue weighted by Crippen LogP contribution is 2.29. The summed E-state index contributed by atoms with van der Waals surface area (Å²) in [4.78, 5) is 25.6. The monoisotopic (exact) mass is 447 g/mol. The number of aryl methyl sites for hydroxylation is 1. The van der Waals surface area contributed by atoms with Crippen molar-refractivity contribution in [3.05, 3.63) is 65.5 Å². The third-order valence-corrected chi connectivity index (χ3v) is 6.01. The zero-order valence-electron chi connectivity index (χ0n) is 19.1. The third-order valence-electron chi connectivity index (χ3n) is 6.01. The maximum Gasteiger partial charge on any atom is 0.269 e.